The van der Waals surface area contributed by atoms with Gasteiger partial charge in [-0.15, -0.1) is 0 Å². The molecule has 0 saturated heterocycles. The molecule has 2 aromatic rings. The zero-order valence-corrected chi connectivity index (χ0v) is 15.2. The summed E-state index contributed by atoms with van der Waals surface area (Å²) >= 11 is 0. The Hall–Kier alpha value is -3.01. The molecular weight excluding hydrogens is 326 g/mol. The van der Waals surface area contributed by atoms with Crippen LogP contribution in [0.1, 0.15) is 24.5 Å². The van der Waals surface area contributed by atoms with Crippen LogP contribution in [-0.4, -0.2) is 26.2 Å². The number of rotatable bonds is 7. The number of ether oxygens (including phenoxy) is 2. The first kappa shape index (κ1) is 17.8. The molecule has 0 N–H and O–H groups in total. The van der Waals surface area contributed by atoms with Crippen molar-refractivity contribution in [1.29, 1.82) is 0 Å². The van der Waals surface area contributed by atoms with E-state index in [0.29, 0.717) is 30.2 Å². The fourth-order valence-electron chi connectivity index (χ4n) is 3.10. The van der Waals surface area contributed by atoms with Crippen molar-refractivity contribution in [3.8, 4) is 11.5 Å². The Bertz CT molecular complexity index is 854. The fourth-order valence-corrected chi connectivity index (χ4v) is 3.10. The molecule has 0 bridgehead atoms. The molecule has 0 unspecified atom stereocenters. The number of fused-ring (bicyclic) bond motifs is 1. The lowest BCUT2D eigenvalue weighted by Crippen LogP contribution is -2.26. The van der Waals surface area contributed by atoms with Crippen LogP contribution in [0, 0.1) is 0 Å². The predicted octanol–water partition coefficient (Wildman–Crippen LogP) is 4.56. The normalized spacial score (nSPS) is 14.5. The van der Waals surface area contributed by atoms with E-state index in [0.717, 1.165) is 23.2 Å². The van der Waals surface area contributed by atoms with Crippen molar-refractivity contribution in [3.05, 3.63) is 66.2 Å². The van der Waals surface area contributed by atoms with Crippen molar-refractivity contribution in [2.24, 2.45) is 0 Å². The number of carbonyl (C=O) groups is 1. The topological polar surface area (TPSA) is 38.8 Å². The summed E-state index contributed by atoms with van der Waals surface area (Å²) in [6, 6.07) is 13.6. The number of carbonyl (C=O) groups excluding carboxylic acids is 1. The minimum absolute atomic E-state index is 0.0407. The zero-order chi connectivity index (χ0) is 18.5. The van der Waals surface area contributed by atoms with E-state index < -0.39 is 0 Å². The summed E-state index contributed by atoms with van der Waals surface area (Å²) in [5.74, 6) is 1.32. The molecule has 4 nitrogen and oxygen atoms in total. The van der Waals surface area contributed by atoms with Crippen LogP contribution in [0.25, 0.3) is 11.6 Å². The molecule has 0 aromatic heterocycles. The molecule has 1 aliphatic heterocycles. The Kier molecular flexibility index (Phi) is 5.42. The van der Waals surface area contributed by atoms with Crippen molar-refractivity contribution >= 4 is 23.2 Å². The third kappa shape index (κ3) is 3.36. The number of hydrogen-bond acceptors (Lipinski definition) is 3. The molecule has 0 saturated carbocycles. The fraction of sp³-hybridized carbons (Fsp3) is 0.227. The van der Waals surface area contributed by atoms with E-state index in [1.54, 1.807) is 13.2 Å². The molecule has 0 radical (unpaired) electrons. The minimum atomic E-state index is 0.0407. The highest BCUT2D eigenvalue weighted by atomic mass is 16.5. The van der Waals surface area contributed by atoms with Crippen LogP contribution in [0.4, 0.5) is 5.69 Å². The molecule has 2 aromatic carbocycles. The number of para-hydroxylation sites is 1. The average molecular weight is 349 g/mol. The number of amides is 1. The van der Waals surface area contributed by atoms with Gasteiger partial charge in [-0.05, 0) is 36.3 Å². The van der Waals surface area contributed by atoms with Crippen LogP contribution in [0.2, 0.25) is 0 Å². The number of nitrogens with zero attached hydrogens (tertiary/aromatic N) is 1. The Morgan fingerprint density at radius 3 is 2.69 bits per heavy atom. The standard InChI is InChI=1S/C22H23NO3/c1-4-12-23-19-9-7-6-8-17(19)18(22(23)24)14-16-10-11-20(26-13-5-2)21(15-16)25-3/h5-11,14-15H,2,4,12-13H2,1,3H3/b18-14-. The first-order valence-electron chi connectivity index (χ1n) is 8.74. The summed E-state index contributed by atoms with van der Waals surface area (Å²) in [4.78, 5) is 14.8. The van der Waals surface area contributed by atoms with Gasteiger partial charge in [-0.25, -0.2) is 0 Å². The van der Waals surface area contributed by atoms with Gasteiger partial charge in [0.1, 0.15) is 6.61 Å². The quantitative estimate of drug-likeness (QED) is 0.543. The van der Waals surface area contributed by atoms with Crippen molar-refractivity contribution < 1.29 is 14.3 Å². The highest BCUT2D eigenvalue weighted by Crippen LogP contribution is 2.38. The Balaban J connectivity index is 1.99. The number of hydrogen-bond donors (Lipinski definition) is 0. The number of anilines is 1. The monoisotopic (exact) mass is 349 g/mol. The molecular formula is C22H23NO3. The molecule has 0 aliphatic carbocycles. The van der Waals surface area contributed by atoms with Crippen molar-refractivity contribution in [3.63, 3.8) is 0 Å². The molecule has 3 rings (SSSR count). The molecule has 0 atom stereocenters. The number of benzene rings is 2. The van der Waals surface area contributed by atoms with Crippen LogP contribution in [-0.2, 0) is 4.79 Å². The van der Waals surface area contributed by atoms with Crippen molar-refractivity contribution in [2.75, 3.05) is 25.2 Å². The Morgan fingerprint density at radius 1 is 1.15 bits per heavy atom. The lowest BCUT2D eigenvalue weighted by molar-refractivity contribution is -0.113. The lowest BCUT2D eigenvalue weighted by Gasteiger charge is -2.15. The summed E-state index contributed by atoms with van der Waals surface area (Å²) in [6.07, 6.45) is 4.51. The van der Waals surface area contributed by atoms with Gasteiger partial charge < -0.3 is 14.4 Å². The van der Waals surface area contributed by atoms with E-state index in [-0.39, 0.29) is 5.91 Å². The van der Waals surface area contributed by atoms with Gasteiger partial charge in [0.2, 0.25) is 0 Å². The van der Waals surface area contributed by atoms with Crippen LogP contribution in [0.5, 0.6) is 11.5 Å². The molecule has 0 fully saturated rings. The maximum Gasteiger partial charge on any atom is 0.258 e. The Labute approximate surface area is 154 Å². The third-order valence-corrected chi connectivity index (χ3v) is 4.26. The van der Waals surface area contributed by atoms with Gasteiger partial charge in [-0.3, -0.25) is 4.79 Å². The van der Waals surface area contributed by atoms with Gasteiger partial charge in [0, 0.05) is 17.7 Å². The van der Waals surface area contributed by atoms with Gasteiger partial charge in [-0.1, -0.05) is 43.8 Å². The van der Waals surface area contributed by atoms with E-state index in [9.17, 15) is 4.79 Å². The maximum atomic E-state index is 12.9. The van der Waals surface area contributed by atoms with Gasteiger partial charge in [0.25, 0.3) is 5.91 Å². The summed E-state index contributed by atoms with van der Waals surface area (Å²) < 4.78 is 11.0. The second-order valence-corrected chi connectivity index (χ2v) is 6.04. The van der Waals surface area contributed by atoms with E-state index in [1.165, 1.54) is 0 Å². The van der Waals surface area contributed by atoms with Gasteiger partial charge in [0.05, 0.1) is 12.8 Å². The maximum absolute atomic E-state index is 12.9. The first-order chi connectivity index (χ1) is 12.7. The molecule has 26 heavy (non-hydrogen) atoms. The SMILES string of the molecule is C=CCOc1ccc(/C=C2\C(=O)N(CCC)c3ccccc32)cc1OC. The third-order valence-electron chi connectivity index (χ3n) is 4.26. The average Bonchev–Trinajstić information content (AvgIpc) is 2.93. The van der Waals surface area contributed by atoms with Crippen molar-refractivity contribution in [2.45, 2.75) is 13.3 Å². The van der Waals surface area contributed by atoms with Gasteiger partial charge in [0.15, 0.2) is 11.5 Å². The van der Waals surface area contributed by atoms with Crippen LogP contribution >= 0.6 is 0 Å². The van der Waals surface area contributed by atoms with E-state index >= 15 is 0 Å². The van der Waals surface area contributed by atoms with E-state index in [4.69, 9.17) is 9.47 Å². The van der Waals surface area contributed by atoms with Crippen LogP contribution in [0.15, 0.2) is 55.1 Å². The highest BCUT2D eigenvalue weighted by Gasteiger charge is 2.31. The molecule has 1 amide bonds. The van der Waals surface area contributed by atoms with Crippen LogP contribution < -0.4 is 14.4 Å². The van der Waals surface area contributed by atoms with Gasteiger partial charge >= 0.3 is 0 Å². The van der Waals surface area contributed by atoms with E-state index in [2.05, 4.69) is 13.5 Å². The first-order valence-corrected chi connectivity index (χ1v) is 8.74. The lowest BCUT2D eigenvalue weighted by atomic mass is 10.0. The summed E-state index contributed by atoms with van der Waals surface area (Å²) in [5.41, 5.74) is 3.54. The van der Waals surface area contributed by atoms with Gasteiger partial charge in [-0.2, -0.15) is 0 Å². The second kappa shape index (κ2) is 7.91. The minimum Gasteiger partial charge on any atom is -0.493 e. The molecule has 1 heterocycles. The van der Waals surface area contributed by atoms with Crippen molar-refractivity contribution in [1.82, 2.24) is 0 Å². The summed E-state index contributed by atoms with van der Waals surface area (Å²) in [6.45, 7) is 6.85. The summed E-state index contributed by atoms with van der Waals surface area (Å²) in [5, 5.41) is 0. The smallest absolute Gasteiger partial charge is 0.258 e. The summed E-state index contributed by atoms with van der Waals surface area (Å²) in [7, 11) is 1.60. The Morgan fingerprint density at radius 2 is 1.96 bits per heavy atom. The largest absolute Gasteiger partial charge is 0.493 e. The molecule has 0 spiro atoms. The highest BCUT2D eigenvalue weighted by molar-refractivity contribution is 6.35. The second-order valence-electron chi connectivity index (χ2n) is 6.04. The zero-order valence-electron chi connectivity index (χ0n) is 15.2. The molecule has 134 valence electrons. The molecule has 4 heteroatoms. The van der Waals surface area contributed by atoms with Crippen LogP contribution in [0.3, 0.4) is 0 Å². The molecule has 1 aliphatic rings. The number of methoxy groups -OCH3 is 1. The van der Waals surface area contributed by atoms with E-state index in [1.807, 2.05) is 53.4 Å². The predicted molar refractivity (Wildman–Crippen MR) is 106 cm³/mol.